The molecule has 1 rings (SSSR count). The molecule has 2 nitrogen and oxygen atoms in total. The molecule has 1 saturated carbocycles. The number of carbonyl (C=O) groups excluding carboxylic acids is 1. The lowest BCUT2D eigenvalue weighted by Gasteiger charge is -2.17. The van der Waals surface area contributed by atoms with Crippen LogP contribution in [0.25, 0.3) is 0 Å². The fourth-order valence-corrected chi connectivity index (χ4v) is 1.17. The molecule has 0 spiro atoms. The van der Waals surface area contributed by atoms with Crippen molar-refractivity contribution in [3.63, 3.8) is 0 Å². The van der Waals surface area contributed by atoms with E-state index in [1.165, 1.54) is 6.42 Å². The van der Waals surface area contributed by atoms with Gasteiger partial charge in [-0.05, 0) is 18.3 Å². The number of nitrogens with one attached hydrogen (secondary N) is 1. The van der Waals surface area contributed by atoms with Gasteiger partial charge in [-0.2, -0.15) is 0 Å². The third-order valence-corrected chi connectivity index (χ3v) is 2.48. The largest absolute Gasteiger partial charge is 0.355 e. The predicted octanol–water partition coefficient (Wildman–Crippen LogP) is 1.80. The number of rotatable bonds is 2. The lowest BCUT2D eigenvalue weighted by atomic mass is 9.96. The minimum Gasteiger partial charge on any atom is -0.355 e. The van der Waals surface area contributed by atoms with Crippen LogP contribution in [0.2, 0.25) is 0 Å². The van der Waals surface area contributed by atoms with Crippen LogP contribution < -0.4 is 5.32 Å². The van der Waals surface area contributed by atoms with Crippen molar-refractivity contribution in [3.8, 4) is 0 Å². The third kappa shape index (κ3) is 2.50. The van der Waals surface area contributed by atoms with Crippen molar-refractivity contribution in [3.05, 3.63) is 0 Å². The monoisotopic (exact) mass is 169 g/mol. The van der Waals surface area contributed by atoms with E-state index in [1.807, 2.05) is 20.8 Å². The van der Waals surface area contributed by atoms with Crippen LogP contribution in [0.15, 0.2) is 0 Å². The van der Waals surface area contributed by atoms with Crippen molar-refractivity contribution < 1.29 is 4.79 Å². The molecule has 0 aromatic heterocycles. The average Bonchev–Trinajstić information content (AvgIpc) is 2.59. The summed E-state index contributed by atoms with van der Waals surface area (Å²) in [6, 6.07) is 0. The van der Waals surface area contributed by atoms with Crippen LogP contribution in [0.5, 0.6) is 0 Å². The molecule has 2 unspecified atom stereocenters. The number of carbonyl (C=O) groups is 1. The minimum atomic E-state index is -0.238. The second kappa shape index (κ2) is 3.08. The van der Waals surface area contributed by atoms with E-state index < -0.39 is 0 Å². The van der Waals surface area contributed by atoms with Crippen LogP contribution in [0.3, 0.4) is 0 Å². The summed E-state index contributed by atoms with van der Waals surface area (Å²) >= 11 is 0. The first-order chi connectivity index (χ1) is 5.41. The highest BCUT2D eigenvalue weighted by Crippen LogP contribution is 2.36. The zero-order chi connectivity index (χ0) is 9.35. The van der Waals surface area contributed by atoms with Gasteiger partial charge in [-0.3, -0.25) is 4.79 Å². The SMILES string of the molecule is CC1CC1CNC(=O)C(C)(C)C. The van der Waals surface area contributed by atoms with Crippen LogP contribution in [0, 0.1) is 17.3 Å². The van der Waals surface area contributed by atoms with Crippen LogP contribution >= 0.6 is 0 Å². The predicted molar refractivity (Wildman–Crippen MR) is 49.7 cm³/mol. The highest BCUT2D eigenvalue weighted by atomic mass is 16.2. The van der Waals surface area contributed by atoms with Crippen LogP contribution in [0.1, 0.15) is 34.1 Å². The molecule has 1 aliphatic carbocycles. The van der Waals surface area contributed by atoms with Crippen molar-refractivity contribution in [2.75, 3.05) is 6.54 Å². The molecule has 1 N–H and O–H groups in total. The molecule has 0 saturated heterocycles. The van der Waals surface area contributed by atoms with Gasteiger partial charge < -0.3 is 5.32 Å². The molecule has 0 aromatic carbocycles. The fraction of sp³-hybridized carbons (Fsp3) is 0.900. The smallest absolute Gasteiger partial charge is 0.225 e. The van der Waals surface area contributed by atoms with Gasteiger partial charge in [0.2, 0.25) is 5.91 Å². The van der Waals surface area contributed by atoms with E-state index in [0.717, 1.165) is 18.4 Å². The maximum atomic E-state index is 11.4. The van der Waals surface area contributed by atoms with Gasteiger partial charge in [-0.15, -0.1) is 0 Å². The zero-order valence-electron chi connectivity index (χ0n) is 8.48. The molecule has 1 fully saturated rings. The number of hydrogen-bond acceptors (Lipinski definition) is 1. The Morgan fingerprint density at radius 2 is 2.00 bits per heavy atom. The van der Waals surface area contributed by atoms with E-state index in [1.54, 1.807) is 0 Å². The molecule has 0 aromatic rings. The molecule has 2 atom stereocenters. The summed E-state index contributed by atoms with van der Waals surface area (Å²) in [7, 11) is 0. The van der Waals surface area contributed by atoms with Crippen molar-refractivity contribution in [2.24, 2.45) is 17.3 Å². The average molecular weight is 169 g/mol. The molecule has 0 radical (unpaired) electrons. The third-order valence-electron chi connectivity index (χ3n) is 2.48. The molecule has 1 amide bonds. The Bertz CT molecular complexity index is 181. The zero-order valence-corrected chi connectivity index (χ0v) is 8.48. The Morgan fingerprint density at radius 3 is 2.33 bits per heavy atom. The normalized spacial score (nSPS) is 28.3. The summed E-state index contributed by atoms with van der Waals surface area (Å²) in [6.45, 7) is 8.93. The Hall–Kier alpha value is -0.530. The lowest BCUT2D eigenvalue weighted by molar-refractivity contribution is -0.128. The Labute approximate surface area is 74.7 Å². The van der Waals surface area contributed by atoms with E-state index >= 15 is 0 Å². The number of amides is 1. The van der Waals surface area contributed by atoms with Gasteiger partial charge in [0.25, 0.3) is 0 Å². The van der Waals surface area contributed by atoms with E-state index in [4.69, 9.17) is 0 Å². The summed E-state index contributed by atoms with van der Waals surface area (Å²) in [5.74, 6) is 1.74. The fourth-order valence-electron chi connectivity index (χ4n) is 1.17. The second-order valence-electron chi connectivity index (χ2n) is 4.93. The number of hydrogen-bond donors (Lipinski definition) is 1. The van der Waals surface area contributed by atoms with Gasteiger partial charge in [0.1, 0.15) is 0 Å². The minimum absolute atomic E-state index is 0.168. The summed E-state index contributed by atoms with van der Waals surface area (Å²) in [6.07, 6.45) is 1.28. The molecule has 12 heavy (non-hydrogen) atoms. The summed E-state index contributed by atoms with van der Waals surface area (Å²) in [5.41, 5.74) is -0.238. The van der Waals surface area contributed by atoms with Gasteiger partial charge in [0.05, 0.1) is 0 Å². The summed E-state index contributed by atoms with van der Waals surface area (Å²) in [4.78, 5) is 11.4. The van der Waals surface area contributed by atoms with Crippen molar-refractivity contribution >= 4 is 5.91 Å². The van der Waals surface area contributed by atoms with E-state index in [9.17, 15) is 4.79 Å². The van der Waals surface area contributed by atoms with E-state index in [2.05, 4.69) is 12.2 Å². The first-order valence-electron chi connectivity index (χ1n) is 4.69. The van der Waals surface area contributed by atoms with Crippen LogP contribution in [-0.2, 0) is 4.79 Å². The van der Waals surface area contributed by atoms with Gasteiger partial charge in [-0.1, -0.05) is 27.7 Å². The van der Waals surface area contributed by atoms with Crippen LogP contribution in [-0.4, -0.2) is 12.5 Å². The molecular weight excluding hydrogens is 150 g/mol. The Morgan fingerprint density at radius 1 is 1.50 bits per heavy atom. The van der Waals surface area contributed by atoms with E-state index in [-0.39, 0.29) is 11.3 Å². The molecule has 2 heteroatoms. The van der Waals surface area contributed by atoms with Gasteiger partial charge >= 0.3 is 0 Å². The molecule has 0 heterocycles. The quantitative estimate of drug-likeness (QED) is 0.671. The summed E-state index contributed by atoms with van der Waals surface area (Å²) in [5, 5.41) is 2.98. The van der Waals surface area contributed by atoms with Gasteiger partial charge in [0.15, 0.2) is 0 Å². The summed E-state index contributed by atoms with van der Waals surface area (Å²) < 4.78 is 0. The van der Waals surface area contributed by atoms with Gasteiger partial charge in [0, 0.05) is 12.0 Å². The molecule has 70 valence electrons. The molecule has 0 bridgehead atoms. The van der Waals surface area contributed by atoms with Gasteiger partial charge in [-0.25, -0.2) is 0 Å². The highest BCUT2D eigenvalue weighted by Gasteiger charge is 2.33. The van der Waals surface area contributed by atoms with E-state index in [0.29, 0.717) is 0 Å². The van der Waals surface area contributed by atoms with Crippen molar-refractivity contribution in [2.45, 2.75) is 34.1 Å². The highest BCUT2D eigenvalue weighted by molar-refractivity contribution is 5.81. The Kier molecular flexibility index (Phi) is 2.45. The topological polar surface area (TPSA) is 29.1 Å². The Balaban J connectivity index is 2.19. The molecular formula is C10H19NO. The maximum absolute atomic E-state index is 11.4. The first kappa shape index (κ1) is 9.56. The molecule has 1 aliphatic rings. The maximum Gasteiger partial charge on any atom is 0.225 e. The first-order valence-corrected chi connectivity index (χ1v) is 4.69. The standard InChI is InChI=1S/C10H19NO/c1-7-5-8(7)6-11-9(12)10(2,3)4/h7-8H,5-6H2,1-4H3,(H,11,12). The van der Waals surface area contributed by atoms with Crippen molar-refractivity contribution in [1.82, 2.24) is 5.32 Å². The lowest BCUT2D eigenvalue weighted by Crippen LogP contribution is -2.36. The van der Waals surface area contributed by atoms with Crippen molar-refractivity contribution in [1.29, 1.82) is 0 Å². The van der Waals surface area contributed by atoms with Crippen LogP contribution in [0.4, 0.5) is 0 Å². The second-order valence-corrected chi connectivity index (χ2v) is 4.93. The molecule has 0 aliphatic heterocycles.